The summed E-state index contributed by atoms with van der Waals surface area (Å²) >= 11 is 8.21. The van der Waals surface area contributed by atoms with Crippen LogP contribution >= 0.6 is 23.1 Å². The Balaban J connectivity index is 0.000000368. The van der Waals surface area contributed by atoms with Crippen molar-refractivity contribution >= 4 is 40.8 Å². The molecule has 2 heterocycles. The van der Waals surface area contributed by atoms with Crippen molar-refractivity contribution in [2.45, 2.75) is 57.9 Å². The summed E-state index contributed by atoms with van der Waals surface area (Å²) in [5.74, 6) is -1.17. The quantitative estimate of drug-likeness (QED) is 0.241. The van der Waals surface area contributed by atoms with Crippen molar-refractivity contribution in [1.29, 1.82) is 0 Å². The second-order valence-corrected chi connectivity index (χ2v) is 11.1. The van der Waals surface area contributed by atoms with E-state index in [-0.39, 0.29) is 12.8 Å². The number of nitrogens with zero attached hydrogens (tertiary/aromatic N) is 1. The standard InChI is InChI=1S/C25H28ClN3S.C4H6O4/c26-23-10-8-19-11-13-27-14-12-22(19)25(23)28-16-18-3-6-20(7-4-18)24-15-21(30-29-24)9-5-17-1-2-17;5-3(6)1-2-4(7)8/h3-4,6-8,10,15,17,27-28H,1-2,5,9,11-14,16H2;1-2H2,(H,5,6)(H,7,8). The summed E-state index contributed by atoms with van der Waals surface area (Å²) in [5, 5.41) is 23.7. The number of nitrogens with one attached hydrogen (secondary N) is 2. The van der Waals surface area contributed by atoms with Gasteiger partial charge in [0.1, 0.15) is 0 Å². The first-order valence-electron chi connectivity index (χ1n) is 13.1. The first-order chi connectivity index (χ1) is 18.4. The highest BCUT2D eigenvalue weighted by molar-refractivity contribution is 7.06. The number of benzene rings is 2. The number of aliphatic carboxylic acids is 2. The molecule has 38 heavy (non-hydrogen) atoms. The summed E-state index contributed by atoms with van der Waals surface area (Å²) in [6, 6.07) is 15.2. The molecule has 3 aromatic rings. The van der Waals surface area contributed by atoms with Gasteiger partial charge in [-0.1, -0.05) is 54.8 Å². The van der Waals surface area contributed by atoms with Crippen molar-refractivity contribution in [2.24, 2.45) is 5.92 Å². The molecule has 1 aromatic heterocycles. The van der Waals surface area contributed by atoms with Crippen LogP contribution in [0.15, 0.2) is 42.5 Å². The lowest BCUT2D eigenvalue weighted by atomic mass is 10.0. The van der Waals surface area contributed by atoms with Gasteiger partial charge >= 0.3 is 11.9 Å². The number of carboxylic acid groups (broad SMARTS) is 2. The summed E-state index contributed by atoms with van der Waals surface area (Å²) < 4.78 is 4.68. The van der Waals surface area contributed by atoms with Gasteiger partial charge in [0.15, 0.2) is 0 Å². The predicted octanol–water partition coefficient (Wildman–Crippen LogP) is 6.04. The number of fused-ring (bicyclic) bond motifs is 1. The number of anilines is 1. The first kappa shape index (κ1) is 28.1. The topological polar surface area (TPSA) is 112 Å². The maximum Gasteiger partial charge on any atom is 0.303 e. The average Bonchev–Trinajstić information content (AvgIpc) is 3.67. The molecule has 2 aromatic carbocycles. The molecule has 0 unspecified atom stereocenters. The molecule has 1 aliphatic carbocycles. The Kier molecular flexibility index (Phi) is 10.1. The second-order valence-electron chi connectivity index (χ2n) is 9.81. The fourth-order valence-electron chi connectivity index (χ4n) is 4.45. The van der Waals surface area contributed by atoms with E-state index in [0.717, 1.165) is 54.8 Å². The van der Waals surface area contributed by atoms with Crippen LogP contribution in [0, 0.1) is 5.92 Å². The monoisotopic (exact) mass is 555 g/mol. The highest BCUT2D eigenvalue weighted by Gasteiger charge is 2.21. The van der Waals surface area contributed by atoms with Gasteiger partial charge in [-0.2, -0.15) is 4.37 Å². The van der Waals surface area contributed by atoms with Gasteiger partial charge in [0.25, 0.3) is 0 Å². The van der Waals surface area contributed by atoms with E-state index in [1.165, 1.54) is 52.8 Å². The zero-order valence-corrected chi connectivity index (χ0v) is 22.9. The second kappa shape index (κ2) is 13.7. The summed E-state index contributed by atoms with van der Waals surface area (Å²) in [4.78, 5) is 20.7. The minimum absolute atomic E-state index is 0.296. The van der Waals surface area contributed by atoms with Crippen LogP contribution < -0.4 is 10.6 Å². The van der Waals surface area contributed by atoms with E-state index in [1.807, 2.05) is 6.07 Å². The summed E-state index contributed by atoms with van der Waals surface area (Å²) in [6.07, 6.45) is 6.85. The first-order valence-corrected chi connectivity index (χ1v) is 14.3. The third-order valence-corrected chi connectivity index (χ3v) is 7.97. The van der Waals surface area contributed by atoms with Crippen LogP contribution in [0.1, 0.15) is 53.7 Å². The molecular formula is C29H34ClN3O4S. The minimum Gasteiger partial charge on any atom is -0.481 e. The predicted molar refractivity (Wildman–Crippen MR) is 152 cm³/mol. The molecular weight excluding hydrogens is 522 g/mol. The van der Waals surface area contributed by atoms with Crippen LogP contribution in [-0.2, 0) is 35.4 Å². The number of aryl methyl sites for hydroxylation is 1. The molecule has 1 fully saturated rings. The highest BCUT2D eigenvalue weighted by atomic mass is 35.5. The minimum atomic E-state index is -1.08. The molecule has 0 bridgehead atoms. The fraction of sp³-hybridized carbons (Fsp3) is 0.414. The van der Waals surface area contributed by atoms with Gasteiger partial charge in [0.05, 0.1) is 29.2 Å². The molecule has 202 valence electrons. The molecule has 0 atom stereocenters. The Bertz CT molecular complexity index is 1230. The van der Waals surface area contributed by atoms with E-state index < -0.39 is 11.9 Å². The zero-order valence-electron chi connectivity index (χ0n) is 21.3. The SMILES string of the molecule is Clc1ccc2c(c1NCc1ccc(-c3cc(CCC4CC4)sn3)cc1)CCNCC2.O=C(O)CCC(=O)O. The van der Waals surface area contributed by atoms with Crippen LogP contribution in [-0.4, -0.2) is 39.6 Å². The molecule has 0 radical (unpaired) electrons. The van der Waals surface area contributed by atoms with E-state index in [4.69, 9.17) is 21.8 Å². The number of rotatable bonds is 10. The number of aromatic nitrogens is 1. The van der Waals surface area contributed by atoms with E-state index in [1.54, 1.807) is 11.5 Å². The van der Waals surface area contributed by atoms with Crippen molar-refractivity contribution in [2.75, 3.05) is 18.4 Å². The van der Waals surface area contributed by atoms with Gasteiger partial charge in [-0.25, -0.2) is 0 Å². The number of hydrogen-bond acceptors (Lipinski definition) is 6. The molecule has 0 spiro atoms. The Morgan fingerprint density at radius 2 is 1.74 bits per heavy atom. The van der Waals surface area contributed by atoms with Gasteiger partial charge < -0.3 is 20.8 Å². The summed E-state index contributed by atoms with van der Waals surface area (Å²) in [7, 11) is 0. The molecule has 1 saturated carbocycles. The van der Waals surface area contributed by atoms with Crippen molar-refractivity contribution in [3.8, 4) is 11.3 Å². The maximum atomic E-state index is 9.64. The van der Waals surface area contributed by atoms with E-state index in [9.17, 15) is 9.59 Å². The average molecular weight is 556 g/mol. The van der Waals surface area contributed by atoms with Gasteiger partial charge in [-0.05, 0) is 85.0 Å². The molecule has 4 N–H and O–H groups in total. The van der Waals surface area contributed by atoms with E-state index in [2.05, 4.69) is 51.4 Å². The van der Waals surface area contributed by atoms with Crippen molar-refractivity contribution in [3.05, 3.63) is 69.1 Å². The maximum absolute atomic E-state index is 9.64. The van der Waals surface area contributed by atoms with Gasteiger partial charge in [-0.15, -0.1) is 0 Å². The van der Waals surface area contributed by atoms with Crippen LogP contribution in [0.2, 0.25) is 5.02 Å². The number of halogens is 1. The van der Waals surface area contributed by atoms with Crippen LogP contribution in [0.25, 0.3) is 11.3 Å². The smallest absolute Gasteiger partial charge is 0.303 e. The Morgan fingerprint density at radius 1 is 1.03 bits per heavy atom. The van der Waals surface area contributed by atoms with Crippen LogP contribution in [0.4, 0.5) is 5.69 Å². The lowest BCUT2D eigenvalue weighted by Crippen LogP contribution is -2.16. The third kappa shape index (κ3) is 8.55. The number of carbonyl (C=O) groups is 2. The Hall–Kier alpha value is -2.94. The lowest BCUT2D eigenvalue weighted by molar-refractivity contribution is -0.143. The van der Waals surface area contributed by atoms with Crippen molar-refractivity contribution in [3.63, 3.8) is 0 Å². The normalized spacial score (nSPS) is 14.6. The van der Waals surface area contributed by atoms with E-state index >= 15 is 0 Å². The van der Waals surface area contributed by atoms with Crippen molar-refractivity contribution < 1.29 is 19.8 Å². The molecule has 0 saturated heterocycles. The molecule has 7 nitrogen and oxygen atoms in total. The zero-order chi connectivity index (χ0) is 26.9. The van der Waals surface area contributed by atoms with Gasteiger partial charge in [-0.3, -0.25) is 9.59 Å². The summed E-state index contributed by atoms with van der Waals surface area (Å²) in [5.41, 5.74) is 7.43. The fourth-order valence-corrected chi connectivity index (χ4v) is 5.44. The molecule has 0 amide bonds. The van der Waals surface area contributed by atoms with E-state index in [0.29, 0.717) is 0 Å². The van der Waals surface area contributed by atoms with Crippen LogP contribution in [0.5, 0.6) is 0 Å². The largest absolute Gasteiger partial charge is 0.481 e. The molecule has 9 heteroatoms. The lowest BCUT2D eigenvalue weighted by Gasteiger charge is -2.16. The van der Waals surface area contributed by atoms with Gasteiger partial charge in [0, 0.05) is 17.0 Å². The molecule has 5 rings (SSSR count). The Morgan fingerprint density at radius 3 is 2.42 bits per heavy atom. The van der Waals surface area contributed by atoms with Crippen molar-refractivity contribution in [1.82, 2.24) is 9.69 Å². The third-order valence-electron chi connectivity index (χ3n) is 6.81. The molecule has 2 aliphatic rings. The van der Waals surface area contributed by atoms with Gasteiger partial charge in [0.2, 0.25) is 0 Å². The van der Waals surface area contributed by atoms with Crippen LogP contribution in [0.3, 0.4) is 0 Å². The Labute approximate surface area is 232 Å². The number of hydrogen-bond donors (Lipinski definition) is 4. The summed E-state index contributed by atoms with van der Waals surface area (Å²) in [6.45, 7) is 2.81. The number of carboxylic acids is 2. The highest BCUT2D eigenvalue weighted by Crippen LogP contribution is 2.35. The molecule has 1 aliphatic heterocycles.